The molecule has 8 heteroatoms. The molecule has 2 fully saturated rings. The molecule has 6 nitrogen and oxygen atoms in total. The maximum absolute atomic E-state index is 12.5. The molecule has 2 amide bonds. The zero-order valence-electron chi connectivity index (χ0n) is 11.8. The van der Waals surface area contributed by atoms with Gasteiger partial charge in [0.15, 0.2) is 0 Å². The number of hydrogen-bond donors (Lipinski definition) is 0. The normalized spacial score (nSPS) is 23.5. The van der Waals surface area contributed by atoms with E-state index in [4.69, 9.17) is 0 Å². The molecular formula is C14H16N2O4S2. The van der Waals surface area contributed by atoms with E-state index in [2.05, 4.69) is 0 Å². The van der Waals surface area contributed by atoms with Crippen LogP contribution in [0.2, 0.25) is 0 Å². The van der Waals surface area contributed by atoms with Crippen LogP contribution in [-0.4, -0.2) is 53.7 Å². The highest BCUT2D eigenvalue weighted by Crippen LogP contribution is 2.28. The van der Waals surface area contributed by atoms with E-state index >= 15 is 0 Å². The first-order valence-corrected chi connectivity index (χ1v) is 9.57. The fraction of sp³-hybridized carbons (Fsp3) is 0.429. The lowest BCUT2D eigenvalue weighted by molar-refractivity contribution is -0.126. The molecule has 0 bridgehead atoms. The molecule has 0 aliphatic carbocycles. The molecular weight excluding hydrogens is 324 g/mol. The van der Waals surface area contributed by atoms with Gasteiger partial charge in [-0.25, -0.2) is 8.42 Å². The predicted molar refractivity (Wildman–Crippen MR) is 83.7 cm³/mol. The highest BCUT2D eigenvalue weighted by molar-refractivity contribution is 8.14. The van der Waals surface area contributed by atoms with Gasteiger partial charge in [0.25, 0.3) is 5.24 Å². The number of benzene rings is 1. The van der Waals surface area contributed by atoms with Crippen LogP contribution in [-0.2, 0) is 20.6 Å². The molecule has 1 atom stereocenters. The summed E-state index contributed by atoms with van der Waals surface area (Å²) in [7, 11) is -3.43. The summed E-state index contributed by atoms with van der Waals surface area (Å²) in [4.78, 5) is 24.7. The summed E-state index contributed by atoms with van der Waals surface area (Å²) in [6, 6.07) is 8.65. The van der Waals surface area contributed by atoms with E-state index in [1.807, 2.05) is 6.07 Å². The lowest BCUT2D eigenvalue weighted by Crippen LogP contribution is -2.41. The molecule has 22 heavy (non-hydrogen) atoms. The Bertz CT molecular complexity index is 674. The molecule has 2 heterocycles. The third-order valence-electron chi connectivity index (χ3n) is 3.86. The number of amides is 2. The van der Waals surface area contributed by atoms with Gasteiger partial charge in [0, 0.05) is 13.1 Å². The Labute approximate surface area is 133 Å². The Morgan fingerprint density at radius 1 is 1.18 bits per heavy atom. The minimum atomic E-state index is -3.43. The summed E-state index contributed by atoms with van der Waals surface area (Å²) < 4.78 is 26.3. The van der Waals surface area contributed by atoms with Crippen LogP contribution in [0.25, 0.3) is 0 Å². The van der Waals surface area contributed by atoms with Gasteiger partial charge < -0.3 is 0 Å². The molecule has 1 aromatic rings. The van der Waals surface area contributed by atoms with E-state index in [1.165, 1.54) is 9.21 Å². The zero-order chi connectivity index (χ0) is 15.7. The van der Waals surface area contributed by atoms with Crippen LogP contribution < -0.4 is 0 Å². The summed E-state index contributed by atoms with van der Waals surface area (Å²) in [5, 5.41) is -0.266. The van der Waals surface area contributed by atoms with Crippen LogP contribution in [0.1, 0.15) is 12.0 Å². The van der Waals surface area contributed by atoms with E-state index in [0.717, 1.165) is 17.3 Å². The quantitative estimate of drug-likeness (QED) is 0.825. The zero-order valence-corrected chi connectivity index (χ0v) is 13.5. The molecule has 0 N–H and O–H groups in total. The number of thioether (sulfide) groups is 1. The highest BCUT2D eigenvalue weighted by atomic mass is 32.2. The monoisotopic (exact) mass is 340 g/mol. The second-order valence-corrected chi connectivity index (χ2v) is 8.26. The van der Waals surface area contributed by atoms with Gasteiger partial charge in [0.1, 0.15) is 0 Å². The molecule has 2 saturated heterocycles. The Morgan fingerprint density at radius 2 is 1.91 bits per heavy atom. The molecule has 1 aromatic carbocycles. The molecule has 2 aliphatic heterocycles. The summed E-state index contributed by atoms with van der Waals surface area (Å²) in [5.41, 5.74) is 0.731. The van der Waals surface area contributed by atoms with Gasteiger partial charge >= 0.3 is 0 Å². The molecule has 0 spiro atoms. The topological polar surface area (TPSA) is 74.8 Å². The van der Waals surface area contributed by atoms with E-state index in [9.17, 15) is 18.0 Å². The fourth-order valence-electron chi connectivity index (χ4n) is 2.77. The van der Waals surface area contributed by atoms with Crippen molar-refractivity contribution < 1.29 is 18.0 Å². The molecule has 118 valence electrons. The lowest BCUT2D eigenvalue weighted by atomic mass is 10.2. The maximum Gasteiger partial charge on any atom is 0.289 e. The van der Waals surface area contributed by atoms with Crippen LogP contribution in [0, 0.1) is 0 Å². The number of hydrogen-bond acceptors (Lipinski definition) is 5. The fourth-order valence-corrected chi connectivity index (χ4v) is 5.12. The first-order chi connectivity index (χ1) is 10.5. The number of nitrogens with zero attached hydrogens (tertiary/aromatic N) is 2. The highest BCUT2D eigenvalue weighted by Gasteiger charge is 2.41. The Morgan fingerprint density at radius 3 is 2.55 bits per heavy atom. The maximum atomic E-state index is 12.5. The molecule has 0 radical (unpaired) electrons. The van der Waals surface area contributed by atoms with Gasteiger partial charge in [0.2, 0.25) is 15.9 Å². The first kappa shape index (κ1) is 15.5. The number of imide groups is 1. The van der Waals surface area contributed by atoms with Crippen molar-refractivity contribution in [3.63, 3.8) is 0 Å². The van der Waals surface area contributed by atoms with Crippen molar-refractivity contribution in [3.05, 3.63) is 35.9 Å². The van der Waals surface area contributed by atoms with Crippen molar-refractivity contribution in [3.8, 4) is 0 Å². The third kappa shape index (κ3) is 3.04. The first-order valence-electron chi connectivity index (χ1n) is 6.98. The number of sulfonamides is 1. The number of carbonyl (C=O) groups is 2. The second-order valence-electron chi connectivity index (χ2n) is 5.36. The van der Waals surface area contributed by atoms with Crippen molar-refractivity contribution in [1.29, 1.82) is 0 Å². The summed E-state index contributed by atoms with van der Waals surface area (Å²) in [6.45, 7) is 0.550. The van der Waals surface area contributed by atoms with E-state index in [1.54, 1.807) is 24.3 Å². The molecule has 1 unspecified atom stereocenters. The Kier molecular flexibility index (Phi) is 4.24. The number of carbonyl (C=O) groups excluding carboxylic acids is 2. The van der Waals surface area contributed by atoms with Gasteiger partial charge in [-0.05, 0) is 12.0 Å². The summed E-state index contributed by atoms with van der Waals surface area (Å²) in [5.74, 6) is -0.120. The minimum Gasteiger partial charge on any atom is -0.273 e. The van der Waals surface area contributed by atoms with Gasteiger partial charge in [-0.1, -0.05) is 42.1 Å². The predicted octanol–water partition coefficient (Wildman–Crippen LogP) is 1.29. The van der Waals surface area contributed by atoms with E-state index < -0.39 is 10.0 Å². The molecule has 0 saturated carbocycles. The van der Waals surface area contributed by atoms with Gasteiger partial charge in [0.05, 0.1) is 17.5 Å². The van der Waals surface area contributed by atoms with Crippen molar-refractivity contribution >= 4 is 32.9 Å². The van der Waals surface area contributed by atoms with E-state index in [0.29, 0.717) is 13.0 Å². The van der Waals surface area contributed by atoms with Gasteiger partial charge in [-0.3, -0.25) is 14.5 Å². The molecule has 2 aliphatic rings. The minimum absolute atomic E-state index is 0.0583. The SMILES string of the molecule is O=C1CSC(=O)N1C1CCN(S(=O)(=O)Cc2ccccc2)C1. The third-order valence-corrected chi connectivity index (χ3v) is 6.51. The van der Waals surface area contributed by atoms with Crippen molar-refractivity contribution in [2.24, 2.45) is 0 Å². The van der Waals surface area contributed by atoms with E-state index in [-0.39, 0.29) is 35.2 Å². The average Bonchev–Trinajstić information content (AvgIpc) is 3.07. The van der Waals surface area contributed by atoms with Gasteiger partial charge in [-0.2, -0.15) is 4.31 Å². The average molecular weight is 340 g/mol. The van der Waals surface area contributed by atoms with Crippen LogP contribution in [0.3, 0.4) is 0 Å². The van der Waals surface area contributed by atoms with Crippen molar-refractivity contribution in [1.82, 2.24) is 9.21 Å². The largest absolute Gasteiger partial charge is 0.289 e. The number of rotatable bonds is 4. The van der Waals surface area contributed by atoms with Crippen LogP contribution in [0.5, 0.6) is 0 Å². The van der Waals surface area contributed by atoms with Crippen LogP contribution in [0.4, 0.5) is 4.79 Å². The lowest BCUT2D eigenvalue weighted by Gasteiger charge is -2.21. The summed E-state index contributed by atoms with van der Waals surface area (Å²) >= 11 is 0.981. The summed E-state index contributed by atoms with van der Waals surface area (Å²) in [6.07, 6.45) is 0.506. The smallest absolute Gasteiger partial charge is 0.273 e. The molecule has 0 aromatic heterocycles. The molecule has 3 rings (SSSR count). The Hall–Kier alpha value is -1.38. The van der Waals surface area contributed by atoms with Crippen molar-refractivity contribution in [2.75, 3.05) is 18.8 Å². The van der Waals surface area contributed by atoms with Crippen LogP contribution in [0.15, 0.2) is 30.3 Å². The Balaban J connectivity index is 1.69. The van der Waals surface area contributed by atoms with Gasteiger partial charge in [-0.15, -0.1) is 0 Å². The second kappa shape index (κ2) is 6.02. The van der Waals surface area contributed by atoms with Crippen LogP contribution >= 0.6 is 11.8 Å². The standard InChI is InChI=1S/C14H16N2O4S2/c17-13-9-21-14(18)16(13)12-6-7-15(8-12)22(19,20)10-11-4-2-1-3-5-11/h1-5,12H,6-10H2. The van der Waals surface area contributed by atoms with Crippen molar-refractivity contribution in [2.45, 2.75) is 18.2 Å².